The fourth-order valence-corrected chi connectivity index (χ4v) is 9.34. The van der Waals surface area contributed by atoms with Gasteiger partial charge in [0.2, 0.25) is 0 Å². The zero-order chi connectivity index (χ0) is 23.3. The molecule has 1 unspecified atom stereocenters. The van der Waals surface area contributed by atoms with Crippen LogP contribution in [0.4, 0.5) is 0 Å². The van der Waals surface area contributed by atoms with E-state index in [9.17, 15) is 9.59 Å². The number of thiocarbonyl (C=S) groups is 1. The van der Waals surface area contributed by atoms with Gasteiger partial charge in [0.1, 0.15) is 6.10 Å². The van der Waals surface area contributed by atoms with Gasteiger partial charge in [0.25, 0.3) is 0 Å². The summed E-state index contributed by atoms with van der Waals surface area (Å²) in [5, 5.41) is 0. The second kappa shape index (κ2) is 9.00. The Kier molecular flexibility index (Phi) is 6.80. The Morgan fingerprint density at radius 3 is 2.56 bits per heavy atom. The van der Waals surface area contributed by atoms with Crippen LogP contribution in [0.5, 0.6) is 0 Å². The van der Waals surface area contributed by atoms with Crippen molar-refractivity contribution < 1.29 is 19.1 Å². The maximum Gasteiger partial charge on any atom is 0.305 e. The summed E-state index contributed by atoms with van der Waals surface area (Å²) in [6.45, 7) is 8.85. The first-order valence-corrected chi connectivity index (χ1v) is 13.3. The molecule has 0 aromatic carbocycles. The summed E-state index contributed by atoms with van der Waals surface area (Å²) in [7, 11) is 1.48. The molecule has 0 spiro atoms. The summed E-state index contributed by atoms with van der Waals surface area (Å²) in [4.78, 5) is 24.5. The van der Waals surface area contributed by atoms with Gasteiger partial charge in [0.15, 0.2) is 0 Å². The molecule has 0 amide bonds. The molecule has 0 heterocycles. The maximum absolute atomic E-state index is 11.7. The highest BCUT2D eigenvalue weighted by Crippen LogP contribution is 2.67. The highest BCUT2D eigenvalue weighted by atomic mass is 32.1. The second-order valence-corrected chi connectivity index (χ2v) is 12.3. The third kappa shape index (κ3) is 3.95. The lowest BCUT2D eigenvalue weighted by molar-refractivity contribution is -0.156. The summed E-state index contributed by atoms with van der Waals surface area (Å²) in [6, 6.07) is 0. The van der Waals surface area contributed by atoms with Gasteiger partial charge < -0.3 is 9.47 Å². The van der Waals surface area contributed by atoms with Crippen LogP contribution in [0.25, 0.3) is 0 Å². The Morgan fingerprint density at radius 2 is 1.88 bits per heavy atom. The van der Waals surface area contributed by atoms with E-state index in [-0.39, 0.29) is 23.5 Å². The van der Waals surface area contributed by atoms with Crippen LogP contribution < -0.4 is 0 Å². The minimum Gasteiger partial charge on any atom is -0.469 e. The van der Waals surface area contributed by atoms with Crippen LogP contribution in [0.15, 0.2) is 0 Å². The van der Waals surface area contributed by atoms with E-state index in [4.69, 9.17) is 21.7 Å². The molecule has 4 aliphatic rings. The van der Waals surface area contributed by atoms with Crippen molar-refractivity contribution in [2.45, 2.75) is 98.0 Å². The van der Waals surface area contributed by atoms with Crippen LogP contribution in [-0.4, -0.2) is 30.0 Å². The second-order valence-electron chi connectivity index (χ2n) is 11.8. The molecular weight excluding hydrogens is 420 g/mol. The van der Waals surface area contributed by atoms with Crippen LogP contribution in [0.2, 0.25) is 0 Å². The summed E-state index contributed by atoms with van der Waals surface area (Å²) in [6.07, 6.45) is 10.9. The van der Waals surface area contributed by atoms with Crippen molar-refractivity contribution in [2.24, 2.45) is 46.3 Å². The molecule has 4 saturated carbocycles. The zero-order valence-electron chi connectivity index (χ0n) is 20.7. The number of ether oxygens (including phenoxy) is 2. The normalized spacial score (nSPS) is 44.1. The van der Waals surface area contributed by atoms with Crippen LogP contribution in [-0.2, 0) is 19.1 Å². The third-order valence-corrected chi connectivity index (χ3v) is 11.2. The standard InChI is InChI=1S/C27H42O4S/c1-16(6-11-25(29)30-5)21-9-10-22-20-8-7-18-14-19(31-17(2)28)12-13-26(18,3)23(20)15-24(32)27(21,22)4/h16,18-23H,6-15H2,1-5H3/t16-,18-,19-,20+,21-,22+,23?,26+,27-/m1/s1. The zero-order valence-corrected chi connectivity index (χ0v) is 21.5. The fraction of sp³-hybridized carbons (Fsp3) is 0.889. The van der Waals surface area contributed by atoms with Crippen molar-refractivity contribution >= 4 is 29.0 Å². The van der Waals surface area contributed by atoms with Crippen LogP contribution in [0.3, 0.4) is 0 Å². The average molecular weight is 463 g/mol. The van der Waals surface area contributed by atoms with E-state index in [1.54, 1.807) is 0 Å². The largest absolute Gasteiger partial charge is 0.469 e. The Bertz CT molecular complexity index is 765. The number of rotatable bonds is 5. The van der Waals surface area contributed by atoms with E-state index in [0.29, 0.717) is 41.4 Å². The third-order valence-electron chi connectivity index (χ3n) is 10.6. The Morgan fingerprint density at radius 1 is 1.12 bits per heavy atom. The minimum atomic E-state index is -0.139. The van der Waals surface area contributed by atoms with Crippen molar-refractivity contribution in [3.63, 3.8) is 0 Å². The Hall–Kier alpha value is -0.970. The lowest BCUT2D eigenvalue weighted by Gasteiger charge is -2.61. The Balaban J connectivity index is 1.50. The number of esters is 2. The van der Waals surface area contributed by atoms with E-state index in [0.717, 1.165) is 38.0 Å². The highest BCUT2D eigenvalue weighted by Gasteiger charge is 2.62. The monoisotopic (exact) mass is 462 g/mol. The van der Waals surface area contributed by atoms with E-state index < -0.39 is 0 Å². The van der Waals surface area contributed by atoms with Gasteiger partial charge >= 0.3 is 11.9 Å². The molecule has 0 aromatic rings. The number of carbonyl (C=O) groups is 2. The Labute approximate surface area is 199 Å². The van der Waals surface area contributed by atoms with Gasteiger partial charge in [0.05, 0.1) is 7.11 Å². The quantitative estimate of drug-likeness (QED) is 0.362. The number of methoxy groups -OCH3 is 1. The van der Waals surface area contributed by atoms with Crippen LogP contribution in [0.1, 0.15) is 91.9 Å². The predicted octanol–water partition coefficient (Wildman–Crippen LogP) is 6.15. The molecule has 0 N–H and O–H groups in total. The first-order valence-electron chi connectivity index (χ1n) is 12.9. The summed E-state index contributed by atoms with van der Waals surface area (Å²) < 4.78 is 10.5. The minimum absolute atomic E-state index is 0.0987. The van der Waals surface area contributed by atoms with Crippen molar-refractivity contribution in [3.05, 3.63) is 0 Å². The van der Waals surface area contributed by atoms with Gasteiger partial charge in [-0.2, -0.15) is 0 Å². The van der Waals surface area contributed by atoms with Crippen molar-refractivity contribution in [3.8, 4) is 0 Å². The van der Waals surface area contributed by atoms with E-state index in [2.05, 4.69) is 20.8 Å². The van der Waals surface area contributed by atoms with E-state index >= 15 is 0 Å². The molecule has 0 saturated heterocycles. The molecule has 9 atom stereocenters. The van der Waals surface area contributed by atoms with Gasteiger partial charge in [0, 0.05) is 18.8 Å². The van der Waals surface area contributed by atoms with Gasteiger partial charge in [-0.3, -0.25) is 9.59 Å². The number of fused-ring (bicyclic) bond motifs is 5. The van der Waals surface area contributed by atoms with Gasteiger partial charge in [-0.25, -0.2) is 0 Å². The van der Waals surface area contributed by atoms with E-state index in [1.807, 2.05) is 0 Å². The van der Waals surface area contributed by atoms with Gasteiger partial charge in [-0.05, 0) is 104 Å². The summed E-state index contributed by atoms with van der Waals surface area (Å²) >= 11 is 6.24. The summed E-state index contributed by atoms with van der Waals surface area (Å²) in [5.41, 5.74) is 0.448. The molecule has 4 nitrogen and oxygen atoms in total. The first kappa shape index (κ1) is 24.2. The molecule has 0 bridgehead atoms. The fourth-order valence-electron chi connectivity index (χ4n) is 8.86. The highest BCUT2D eigenvalue weighted by molar-refractivity contribution is 7.80. The molecule has 4 rings (SSSR count). The topological polar surface area (TPSA) is 52.6 Å². The number of hydrogen-bond acceptors (Lipinski definition) is 5. The molecule has 5 heteroatoms. The SMILES string of the molecule is COC(=O)CC[C@@H](C)[C@H]1CC[C@H]2[C@@H]3CC[C@@H]4C[C@H](OC(C)=O)CC[C@]4(C)C3CC(=S)[C@]12C. The lowest BCUT2D eigenvalue weighted by atomic mass is 9.44. The molecule has 0 aliphatic heterocycles. The molecule has 0 aromatic heterocycles. The van der Waals surface area contributed by atoms with Gasteiger partial charge in [-0.15, -0.1) is 0 Å². The molecule has 0 radical (unpaired) electrons. The van der Waals surface area contributed by atoms with Crippen LogP contribution in [0, 0.1) is 46.3 Å². The first-order chi connectivity index (χ1) is 15.1. The van der Waals surface area contributed by atoms with E-state index in [1.165, 1.54) is 44.6 Å². The molecule has 4 aliphatic carbocycles. The average Bonchev–Trinajstić information content (AvgIpc) is 3.11. The van der Waals surface area contributed by atoms with Crippen molar-refractivity contribution in [1.29, 1.82) is 0 Å². The van der Waals surface area contributed by atoms with Crippen molar-refractivity contribution in [1.82, 2.24) is 0 Å². The maximum atomic E-state index is 11.7. The van der Waals surface area contributed by atoms with Crippen LogP contribution >= 0.6 is 12.2 Å². The number of hydrogen-bond donors (Lipinski definition) is 0. The molecular formula is C27H42O4S. The number of carbonyl (C=O) groups excluding carboxylic acids is 2. The molecule has 4 fully saturated rings. The molecule has 180 valence electrons. The van der Waals surface area contributed by atoms with Gasteiger partial charge in [-0.1, -0.05) is 33.0 Å². The smallest absolute Gasteiger partial charge is 0.305 e. The predicted molar refractivity (Wildman–Crippen MR) is 129 cm³/mol. The summed E-state index contributed by atoms with van der Waals surface area (Å²) in [5.74, 6) is 3.60. The molecule has 32 heavy (non-hydrogen) atoms. The van der Waals surface area contributed by atoms with Crippen molar-refractivity contribution in [2.75, 3.05) is 7.11 Å². The lowest BCUT2D eigenvalue weighted by Crippen LogP contribution is -2.57.